The van der Waals surface area contributed by atoms with E-state index in [0.717, 1.165) is 41.7 Å². The van der Waals surface area contributed by atoms with Gasteiger partial charge in [-0.2, -0.15) is 0 Å². The third kappa shape index (κ3) is 1.63. The van der Waals surface area contributed by atoms with Gasteiger partial charge in [-0.15, -0.1) is 0 Å². The molecule has 90 valence electrons. The summed E-state index contributed by atoms with van der Waals surface area (Å²) < 4.78 is 5.32. The number of benzene rings is 1. The summed E-state index contributed by atoms with van der Waals surface area (Å²) in [6.45, 7) is 3.87. The summed E-state index contributed by atoms with van der Waals surface area (Å²) in [6, 6.07) is 4.34. The lowest BCUT2D eigenvalue weighted by Crippen LogP contribution is -2.26. The van der Waals surface area contributed by atoms with Crippen molar-refractivity contribution in [2.75, 3.05) is 23.7 Å². The molecule has 17 heavy (non-hydrogen) atoms. The van der Waals surface area contributed by atoms with Gasteiger partial charge in [0.1, 0.15) is 0 Å². The molecule has 0 spiro atoms. The second-order valence-electron chi connectivity index (χ2n) is 4.72. The van der Waals surface area contributed by atoms with Gasteiger partial charge in [-0.25, -0.2) is 0 Å². The first-order valence-corrected chi connectivity index (χ1v) is 5.81. The Morgan fingerprint density at radius 2 is 2.29 bits per heavy atom. The first kappa shape index (κ1) is 10.4. The van der Waals surface area contributed by atoms with Crippen molar-refractivity contribution < 1.29 is 4.52 Å². The van der Waals surface area contributed by atoms with Crippen molar-refractivity contribution in [2.45, 2.75) is 19.4 Å². The number of fused-ring (bicyclic) bond motifs is 1. The average Bonchev–Trinajstić information content (AvgIpc) is 2.86. The molecule has 1 fully saturated rings. The van der Waals surface area contributed by atoms with E-state index in [0.29, 0.717) is 5.82 Å². The van der Waals surface area contributed by atoms with Gasteiger partial charge in [-0.3, -0.25) is 0 Å². The second-order valence-corrected chi connectivity index (χ2v) is 4.72. The molecule has 0 radical (unpaired) electrons. The van der Waals surface area contributed by atoms with Crippen molar-refractivity contribution >= 4 is 22.5 Å². The Morgan fingerprint density at radius 1 is 1.47 bits per heavy atom. The van der Waals surface area contributed by atoms with E-state index < -0.39 is 0 Å². The zero-order chi connectivity index (χ0) is 12.0. The lowest BCUT2D eigenvalue weighted by Gasteiger charge is -2.18. The number of nitrogens with two attached hydrogens (primary N) is 2. The molecule has 3 rings (SSSR count). The number of hydrogen-bond donors (Lipinski definition) is 2. The Kier molecular flexibility index (Phi) is 2.22. The maximum Gasteiger partial charge on any atom is 0.192 e. The minimum Gasteiger partial charge on any atom is -0.380 e. The van der Waals surface area contributed by atoms with Crippen LogP contribution >= 0.6 is 0 Å². The molecule has 5 heteroatoms. The van der Waals surface area contributed by atoms with Crippen molar-refractivity contribution in [1.82, 2.24) is 5.16 Å². The van der Waals surface area contributed by atoms with Gasteiger partial charge in [0.25, 0.3) is 0 Å². The predicted molar refractivity (Wildman–Crippen MR) is 68.0 cm³/mol. The summed E-state index contributed by atoms with van der Waals surface area (Å²) in [6.07, 6.45) is 1.01. The van der Waals surface area contributed by atoms with Crippen LogP contribution in [0, 0.1) is 6.92 Å². The maximum atomic E-state index is 5.94. The van der Waals surface area contributed by atoms with Crippen molar-refractivity contribution in [3.05, 3.63) is 17.7 Å². The number of rotatable bonds is 1. The summed E-state index contributed by atoms with van der Waals surface area (Å²) in [7, 11) is 0. The smallest absolute Gasteiger partial charge is 0.192 e. The van der Waals surface area contributed by atoms with E-state index in [1.54, 1.807) is 0 Å². The Hall–Kier alpha value is -1.75. The Labute approximate surface area is 99.3 Å². The van der Waals surface area contributed by atoms with Crippen molar-refractivity contribution in [1.29, 1.82) is 0 Å². The predicted octanol–water partition coefficient (Wildman–Crippen LogP) is 1.26. The van der Waals surface area contributed by atoms with E-state index in [9.17, 15) is 0 Å². The number of nitrogens with zero attached hydrogens (tertiary/aromatic N) is 2. The van der Waals surface area contributed by atoms with Gasteiger partial charge in [0, 0.05) is 19.1 Å². The first-order valence-electron chi connectivity index (χ1n) is 5.81. The molecule has 4 N–H and O–H groups in total. The summed E-state index contributed by atoms with van der Waals surface area (Å²) in [4.78, 5) is 2.24. The Balaban J connectivity index is 2.15. The van der Waals surface area contributed by atoms with E-state index >= 15 is 0 Å². The van der Waals surface area contributed by atoms with Gasteiger partial charge in [-0.1, -0.05) is 5.16 Å². The van der Waals surface area contributed by atoms with Crippen LogP contribution in [-0.4, -0.2) is 24.3 Å². The first-order chi connectivity index (χ1) is 8.15. The highest BCUT2D eigenvalue weighted by molar-refractivity contribution is 5.96. The van der Waals surface area contributed by atoms with Gasteiger partial charge in [0.15, 0.2) is 11.4 Å². The molecule has 1 aliphatic heterocycles. The quantitative estimate of drug-likeness (QED) is 0.773. The normalized spacial score (nSPS) is 20.4. The molecule has 0 aliphatic carbocycles. The third-order valence-electron chi connectivity index (χ3n) is 3.29. The van der Waals surface area contributed by atoms with E-state index in [-0.39, 0.29) is 6.04 Å². The van der Waals surface area contributed by atoms with Crippen LogP contribution < -0.4 is 16.4 Å². The lowest BCUT2D eigenvalue weighted by molar-refractivity contribution is 0.460. The van der Waals surface area contributed by atoms with E-state index in [1.807, 2.05) is 13.0 Å². The van der Waals surface area contributed by atoms with Gasteiger partial charge in [0.05, 0.1) is 11.1 Å². The van der Waals surface area contributed by atoms with Crippen LogP contribution in [0.15, 0.2) is 16.7 Å². The highest BCUT2D eigenvalue weighted by atomic mass is 16.5. The molecule has 0 saturated carbocycles. The number of aromatic nitrogens is 1. The molecular formula is C12H16N4O. The molecule has 1 unspecified atom stereocenters. The molecule has 2 heterocycles. The van der Waals surface area contributed by atoms with Crippen LogP contribution in [0.1, 0.15) is 12.0 Å². The SMILES string of the molecule is Cc1cc(N2CCC(N)C2)c2onc(N)c2c1. The van der Waals surface area contributed by atoms with E-state index in [1.165, 1.54) is 0 Å². The van der Waals surface area contributed by atoms with Crippen molar-refractivity contribution in [2.24, 2.45) is 5.73 Å². The number of anilines is 2. The Morgan fingerprint density at radius 3 is 3.00 bits per heavy atom. The highest BCUT2D eigenvalue weighted by Gasteiger charge is 2.23. The molecule has 1 atom stereocenters. The summed E-state index contributed by atoms with van der Waals surface area (Å²) in [5, 5.41) is 4.72. The lowest BCUT2D eigenvalue weighted by atomic mass is 10.1. The van der Waals surface area contributed by atoms with Crippen LogP contribution in [0.2, 0.25) is 0 Å². The molecule has 2 aromatic rings. The van der Waals surface area contributed by atoms with Crippen LogP contribution in [0.5, 0.6) is 0 Å². The summed E-state index contributed by atoms with van der Waals surface area (Å²) in [5.41, 5.74) is 14.7. The van der Waals surface area contributed by atoms with Crippen LogP contribution in [0.25, 0.3) is 11.0 Å². The number of hydrogen-bond acceptors (Lipinski definition) is 5. The topological polar surface area (TPSA) is 81.3 Å². The molecule has 0 bridgehead atoms. The van der Waals surface area contributed by atoms with Crippen LogP contribution in [-0.2, 0) is 0 Å². The minimum atomic E-state index is 0.242. The van der Waals surface area contributed by atoms with Gasteiger partial charge < -0.3 is 20.9 Å². The van der Waals surface area contributed by atoms with E-state index in [4.69, 9.17) is 16.0 Å². The standard InChI is InChI=1S/C12H16N4O/c1-7-4-9-11(17-15-12(9)14)10(5-7)16-3-2-8(13)6-16/h4-5,8H,2-3,6,13H2,1H3,(H2,14,15). The maximum absolute atomic E-state index is 5.94. The molecular weight excluding hydrogens is 216 g/mol. The van der Waals surface area contributed by atoms with Crippen molar-refractivity contribution in [3.8, 4) is 0 Å². The molecule has 1 aromatic heterocycles. The fourth-order valence-electron chi connectivity index (χ4n) is 2.43. The summed E-state index contributed by atoms with van der Waals surface area (Å²) >= 11 is 0. The molecule has 1 saturated heterocycles. The van der Waals surface area contributed by atoms with Gasteiger partial charge >= 0.3 is 0 Å². The number of nitrogen functional groups attached to an aromatic ring is 1. The fourth-order valence-corrected chi connectivity index (χ4v) is 2.43. The third-order valence-corrected chi connectivity index (χ3v) is 3.29. The summed E-state index contributed by atoms with van der Waals surface area (Å²) in [5.74, 6) is 0.452. The van der Waals surface area contributed by atoms with Gasteiger partial charge in [-0.05, 0) is 31.0 Å². The molecule has 1 aromatic carbocycles. The highest BCUT2D eigenvalue weighted by Crippen LogP contribution is 2.33. The van der Waals surface area contributed by atoms with Crippen molar-refractivity contribution in [3.63, 3.8) is 0 Å². The molecule has 5 nitrogen and oxygen atoms in total. The average molecular weight is 232 g/mol. The molecule has 1 aliphatic rings. The molecule has 0 amide bonds. The largest absolute Gasteiger partial charge is 0.380 e. The Bertz CT molecular complexity index is 563. The number of aryl methyl sites for hydroxylation is 1. The van der Waals surface area contributed by atoms with Crippen LogP contribution in [0.4, 0.5) is 11.5 Å². The van der Waals surface area contributed by atoms with Gasteiger partial charge in [0.2, 0.25) is 0 Å². The minimum absolute atomic E-state index is 0.242. The zero-order valence-corrected chi connectivity index (χ0v) is 9.81. The monoisotopic (exact) mass is 232 g/mol. The van der Waals surface area contributed by atoms with E-state index in [2.05, 4.69) is 16.1 Å². The zero-order valence-electron chi connectivity index (χ0n) is 9.81. The van der Waals surface area contributed by atoms with Crippen LogP contribution in [0.3, 0.4) is 0 Å². The fraction of sp³-hybridized carbons (Fsp3) is 0.417. The second kappa shape index (κ2) is 3.63.